The van der Waals surface area contributed by atoms with E-state index in [2.05, 4.69) is 5.32 Å². The molecule has 20 heavy (non-hydrogen) atoms. The molecule has 2 rings (SSSR count). The number of hydrogen-bond donors (Lipinski definition) is 2. The molecule has 1 saturated carbocycles. The first-order valence-corrected chi connectivity index (χ1v) is 7.23. The molecule has 0 amide bonds. The average Bonchev–Trinajstić information content (AvgIpc) is 2.46. The molecule has 0 bridgehead atoms. The number of aliphatic hydroxyl groups is 1. The molecule has 1 fully saturated rings. The number of nitrogens with zero attached hydrogens (tertiary/aromatic N) is 1. The van der Waals surface area contributed by atoms with E-state index < -0.39 is 0 Å². The van der Waals surface area contributed by atoms with Gasteiger partial charge in [-0.3, -0.25) is 0 Å². The lowest BCUT2D eigenvalue weighted by Crippen LogP contribution is -2.35. The predicted octanol–water partition coefficient (Wildman–Crippen LogP) is 2.90. The van der Waals surface area contributed by atoms with Gasteiger partial charge in [0.1, 0.15) is 5.82 Å². The topological polar surface area (TPSA) is 56.0 Å². The van der Waals surface area contributed by atoms with Crippen molar-refractivity contribution in [1.82, 2.24) is 5.32 Å². The van der Waals surface area contributed by atoms with Crippen LogP contribution in [0.15, 0.2) is 18.2 Å². The van der Waals surface area contributed by atoms with Crippen LogP contribution in [0.5, 0.6) is 0 Å². The van der Waals surface area contributed by atoms with Crippen molar-refractivity contribution in [2.75, 3.05) is 6.54 Å². The maximum atomic E-state index is 13.9. The maximum absolute atomic E-state index is 13.9. The first-order chi connectivity index (χ1) is 9.61. The third-order valence-corrected chi connectivity index (χ3v) is 4.15. The van der Waals surface area contributed by atoms with E-state index in [1.165, 1.54) is 6.07 Å². The van der Waals surface area contributed by atoms with Gasteiger partial charge in [-0.25, -0.2) is 4.39 Å². The van der Waals surface area contributed by atoms with E-state index in [0.717, 1.165) is 25.7 Å². The molecule has 108 valence electrons. The number of aliphatic hydroxyl groups excluding tert-OH is 1. The maximum Gasteiger partial charge on any atom is 0.129 e. The van der Waals surface area contributed by atoms with Crippen LogP contribution in [0.25, 0.3) is 0 Å². The Hall–Kier alpha value is -1.44. The minimum atomic E-state index is -0.353. The molecule has 0 aromatic heterocycles. The summed E-state index contributed by atoms with van der Waals surface area (Å²) < 4.78 is 13.9. The molecular weight excluding hydrogens is 255 g/mol. The Morgan fingerprint density at radius 2 is 2.20 bits per heavy atom. The first-order valence-electron chi connectivity index (χ1n) is 7.23. The van der Waals surface area contributed by atoms with Crippen molar-refractivity contribution in [3.8, 4) is 6.07 Å². The normalized spacial score (nSPS) is 24.1. The van der Waals surface area contributed by atoms with Gasteiger partial charge in [0.05, 0.1) is 17.7 Å². The smallest absolute Gasteiger partial charge is 0.129 e. The van der Waals surface area contributed by atoms with E-state index in [0.29, 0.717) is 17.7 Å². The summed E-state index contributed by atoms with van der Waals surface area (Å²) in [6.07, 6.45) is 3.90. The summed E-state index contributed by atoms with van der Waals surface area (Å²) in [6.45, 7) is 2.60. The van der Waals surface area contributed by atoms with E-state index in [1.54, 1.807) is 12.1 Å². The van der Waals surface area contributed by atoms with Gasteiger partial charge in [0.15, 0.2) is 0 Å². The summed E-state index contributed by atoms with van der Waals surface area (Å²) in [4.78, 5) is 0. The molecular formula is C16H21FN2O. The first kappa shape index (κ1) is 15.0. The zero-order chi connectivity index (χ0) is 14.5. The van der Waals surface area contributed by atoms with Crippen LogP contribution in [-0.4, -0.2) is 17.8 Å². The van der Waals surface area contributed by atoms with Gasteiger partial charge in [-0.1, -0.05) is 18.9 Å². The molecule has 0 radical (unpaired) electrons. The largest absolute Gasteiger partial charge is 0.393 e. The molecule has 0 heterocycles. The van der Waals surface area contributed by atoms with Crippen LogP contribution in [0.2, 0.25) is 0 Å². The minimum Gasteiger partial charge on any atom is -0.393 e. The summed E-state index contributed by atoms with van der Waals surface area (Å²) in [5.74, 6) is -0.0964. The average molecular weight is 276 g/mol. The Balaban J connectivity index is 1.94. The fourth-order valence-electron chi connectivity index (χ4n) is 2.81. The number of nitrogens with one attached hydrogen (secondary N) is 1. The Morgan fingerprint density at radius 1 is 1.45 bits per heavy atom. The van der Waals surface area contributed by atoms with Gasteiger partial charge < -0.3 is 10.4 Å². The highest BCUT2D eigenvalue weighted by Gasteiger charge is 2.23. The van der Waals surface area contributed by atoms with Crippen molar-refractivity contribution >= 4 is 0 Å². The molecule has 1 aromatic rings. The summed E-state index contributed by atoms with van der Waals surface area (Å²) >= 11 is 0. The molecule has 1 aliphatic rings. The molecule has 1 aromatic carbocycles. The van der Waals surface area contributed by atoms with E-state index in [9.17, 15) is 9.50 Å². The van der Waals surface area contributed by atoms with Crippen LogP contribution in [0.3, 0.4) is 0 Å². The van der Waals surface area contributed by atoms with Gasteiger partial charge in [0.25, 0.3) is 0 Å². The second kappa shape index (κ2) is 6.83. The van der Waals surface area contributed by atoms with Gasteiger partial charge in [-0.15, -0.1) is 0 Å². The summed E-state index contributed by atoms with van der Waals surface area (Å²) in [6, 6.07) is 6.36. The Kier molecular flexibility index (Phi) is 5.11. The summed E-state index contributed by atoms with van der Waals surface area (Å²) in [5.41, 5.74) is 0.899. The standard InChI is InChI=1S/C16H21FN2O/c1-11(14-7-6-12(9-18)8-15(14)17)19-10-13-4-2-3-5-16(13)20/h6-8,11,13,16,19-20H,2-5,10H2,1H3. The van der Waals surface area contributed by atoms with Crippen molar-refractivity contribution in [2.24, 2.45) is 5.92 Å². The fraction of sp³-hybridized carbons (Fsp3) is 0.562. The van der Waals surface area contributed by atoms with Crippen LogP contribution in [0, 0.1) is 23.1 Å². The van der Waals surface area contributed by atoms with E-state index in [-0.39, 0.29) is 23.9 Å². The SMILES string of the molecule is CC(NCC1CCCCC1O)c1ccc(C#N)cc1F. The zero-order valence-corrected chi connectivity index (χ0v) is 11.8. The lowest BCUT2D eigenvalue weighted by atomic mass is 9.86. The molecule has 2 N–H and O–H groups in total. The summed E-state index contributed by atoms with van der Waals surface area (Å²) in [5, 5.41) is 22.0. The molecule has 4 heteroatoms. The van der Waals surface area contributed by atoms with Crippen molar-refractivity contribution in [1.29, 1.82) is 5.26 Å². The van der Waals surface area contributed by atoms with Gasteiger partial charge >= 0.3 is 0 Å². The highest BCUT2D eigenvalue weighted by Crippen LogP contribution is 2.25. The highest BCUT2D eigenvalue weighted by molar-refractivity contribution is 5.34. The highest BCUT2D eigenvalue weighted by atomic mass is 19.1. The number of rotatable bonds is 4. The monoisotopic (exact) mass is 276 g/mol. The second-order valence-corrected chi connectivity index (χ2v) is 5.59. The lowest BCUT2D eigenvalue weighted by molar-refractivity contribution is 0.0683. The van der Waals surface area contributed by atoms with Crippen LogP contribution in [0.4, 0.5) is 4.39 Å². The Morgan fingerprint density at radius 3 is 2.85 bits per heavy atom. The molecule has 1 aliphatic carbocycles. The van der Waals surface area contributed by atoms with Crippen molar-refractivity contribution in [2.45, 2.75) is 44.8 Å². The third-order valence-electron chi connectivity index (χ3n) is 4.15. The summed E-state index contributed by atoms with van der Waals surface area (Å²) in [7, 11) is 0. The Bertz CT molecular complexity index is 498. The van der Waals surface area contributed by atoms with Crippen LogP contribution in [-0.2, 0) is 0 Å². The predicted molar refractivity (Wildman–Crippen MR) is 75.5 cm³/mol. The van der Waals surface area contributed by atoms with E-state index in [1.807, 2.05) is 13.0 Å². The van der Waals surface area contributed by atoms with Gasteiger partial charge in [-0.05, 0) is 37.8 Å². The third kappa shape index (κ3) is 3.56. The van der Waals surface area contributed by atoms with E-state index in [4.69, 9.17) is 5.26 Å². The lowest BCUT2D eigenvalue weighted by Gasteiger charge is -2.29. The van der Waals surface area contributed by atoms with Gasteiger partial charge in [-0.2, -0.15) is 5.26 Å². The van der Waals surface area contributed by atoms with Gasteiger partial charge in [0.2, 0.25) is 0 Å². The number of halogens is 1. The number of benzene rings is 1. The molecule has 0 aliphatic heterocycles. The van der Waals surface area contributed by atoms with Crippen molar-refractivity contribution < 1.29 is 9.50 Å². The van der Waals surface area contributed by atoms with E-state index >= 15 is 0 Å². The zero-order valence-electron chi connectivity index (χ0n) is 11.8. The second-order valence-electron chi connectivity index (χ2n) is 5.59. The quantitative estimate of drug-likeness (QED) is 0.889. The molecule has 3 nitrogen and oxygen atoms in total. The van der Waals surface area contributed by atoms with Crippen LogP contribution < -0.4 is 5.32 Å². The molecule has 3 unspecified atom stereocenters. The number of hydrogen-bond acceptors (Lipinski definition) is 3. The minimum absolute atomic E-state index is 0.128. The van der Waals surface area contributed by atoms with Gasteiger partial charge in [0, 0.05) is 18.2 Å². The number of nitriles is 1. The van der Waals surface area contributed by atoms with Crippen LogP contribution >= 0.6 is 0 Å². The fourth-order valence-corrected chi connectivity index (χ4v) is 2.81. The molecule has 3 atom stereocenters. The molecule has 0 spiro atoms. The van der Waals surface area contributed by atoms with Crippen molar-refractivity contribution in [3.05, 3.63) is 35.1 Å². The Labute approximate surface area is 119 Å². The van der Waals surface area contributed by atoms with Crippen LogP contribution in [0.1, 0.15) is 49.8 Å². The molecule has 0 saturated heterocycles. The van der Waals surface area contributed by atoms with Crippen molar-refractivity contribution in [3.63, 3.8) is 0 Å².